The van der Waals surface area contributed by atoms with Crippen LogP contribution in [0.5, 0.6) is 0 Å². The quantitative estimate of drug-likeness (QED) is 0.773. The summed E-state index contributed by atoms with van der Waals surface area (Å²) in [4.78, 5) is 38.8. The van der Waals surface area contributed by atoms with Crippen LogP contribution in [0.2, 0.25) is 0 Å². The van der Waals surface area contributed by atoms with Crippen molar-refractivity contribution in [3.8, 4) is 0 Å². The third-order valence-electron chi connectivity index (χ3n) is 5.10. The fourth-order valence-electron chi connectivity index (χ4n) is 3.58. The Bertz CT molecular complexity index is 552. The number of alkyl carbamates (subject to hydrolysis) is 1. The van der Waals surface area contributed by atoms with Crippen molar-refractivity contribution in [1.29, 1.82) is 0 Å². The first kappa shape index (κ1) is 20.5. The lowest BCUT2D eigenvalue weighted by molar-refractivity contribution is -0.143. The van der Waals surface area contributed by atoms with Gasteiger partial charge in [0.2, 0.25) is 11.8 Å². The van der Waals surface area contributed by atoms with Gasteiger partial charge in [0.15, 0.2) is 0 Å². The summed E-state index contributed by atoms with van der Waals surface area (Å²) >= 11 is 0. The van der Waals surface area contributed by atoms with Crippen LogP contribution in [-0.4, -0.2) is 60.3 Å². The maximum absolute atomic E-state index is 13.3. The minimum absolute atomic E-state index is 0.276. The highest BCUT2D eigenvalue weighted by molar-refractivity contribution is 5.91. The van der Waals surface area contributed by atoms with Crippen molar-refractivity contribution in [2.45, 2.75) is 71.1 Å². The molecule has 2 saturated heterocycles. The summed E-state index contributed by atoms with van der Waals surface area (Å²) in [6.45, 7) is 8.77. The lowest BCUT2D eigenvalue weighted by Crippen LogP contribution is -2.60. The number of nitrogens with one attached hydrogen (secondary N) is 1. The standard InChI is InChI=1S/C18H31N3O5/c1-17(2,3)26-16(24)20-13(18(4)7-10-25-11-8-18)15(23)21-9-5-6-12(21)14(19)22/h12-13H,5-11H2,1-4H3,(H2,19,22)(H,20,24). The van der Waals surface area contributed by atoms with Crippen molar-refractivity contribution < 1.29 is 23.9 Å². The minimum atomic E-state index is -0.791. The molecule has 0 bridgehead atoms. The number of hydrogen-bond donors (Lipinski definition) is 2. The van der Waals surface area contributed by atoms with Crippen LogP contribution < -0.4 is 11.1 Å². The SMILES string of the molecule is CC(C)(C)OC(=O)NC(C(=O)N1CCCC1C(N)=O)C1(C)CCOCC1. The second-order valence-corrected chi connectivity index (χ2v) is 8.44. The molecule has 0 saturated carbocycles. The van der Waals surface area contributed by atoms with E-state index in [4.69, 9.17) is 15.2 Å². The van der Waals surface area contributed by atoms with E-state index in [-0.39, 0.29) is 5.91 Å². The second-order valence-electron chi connectivity index (χ2n) is 8.44. The first-order valence-electron chi connectivity index (χ1n) is 9.20. The van der Waals surface area contributed by atoms with Crippen LogP contribution in [0, 0.1) is 5.41 Å². The van der Waals surface area contributed by atoms with E-state index in [1.807, 2.05) is 6.92 Å². The zero-order chi connectivity index (χ0) is 19.5. The number of likely N-dealkylation sites (tertiary alicyclic amines) is 1. The molecule has 8 heteroatoms. The summed E-state index contributed by atoms with van der Waals surface area (Å²) in [5.74, 6) is -0.787. The summed E-state index contributed by atoms with van der Waals surface area (Å²) < 4.78 is 10.8. The van der Waals surface area contributed by atoms with Gasteiger partial charge in [-0.1, -0.05) is 6.92 Å². The normalized spacial score (nSPS) is 24.0. The van der Waals surface area contributed by atoms with Gasteiger partial charge in [-0.15, -0.1) is 0 Å². The van der Waals surface area contributed by atoms with E-state index in [2.05, 4.69) is 5.32 Å². The van der Waals surface area contributed by atoms with Gasteiger partial charge in [0, 0.05) is 25.2 Å². The number of rotatable bonds is 4. The Morgan fingerprint density at radius 3 is 2.42 bits per heavy atom. The molecule has 8 nitrogen and oxygen atoms in total. The molecule has 2 heterocycles. The number of primary amides is 1. The van der Waals surface area contributed by atoms with Crippen LogP contribution >= 0.6 is 0 Å². The predicted molar refractivity (Wildman–Crippen MR) is 95.2 cm³/mol. The zero-order valence-electron chi connectivity index (χ0n) is 16.2. The molecule has 0 spiro atoms. The van der Waals surface area contributed by atoms with E-state index in [1.54, 1.807) is 20.8 Å². The first-order chi connectivity index (χ1) is 12.0. The highest BCUT2D eigenvalue weighted by atomic mass is 16.6. The van der Waals surface area contributed by atoms with E-state index < -0.39 is 35.1 Å². The molecule has 2 rings (SSSR count). The molecule has 0 aliphatic carbocycles. The summed E-state index contributed by atoms with van der Waals surface area (Å²) in [6, 6.07) is -1.41. The van der Waals surface area contributed by atoms with Gasteiger partial charge in [0.05, 0.1) is 0 Å². The number of carbonyl (C=O) groups is 3. The van der Waals surface area contributed by atoms with Crippen molar-refractivity contribution in [2.75, 3.05) is 19.8 Å². The molecule has 2 atom stereocenters. The van der Waals surface area contributed by atoms with E-state index >= 15 is 0 Å². The molecule has 3 amide bonds. The van der Waals surface area contributed by atoms with Gasteiger partial charge in [0.1, 0.15) is 17.7 Å². The average molecular weight is 369 g/mol. The monoisotopic (exact) mass is 369 g/mol. The number of carbonyl (C=O) groups excluding carboxylic acids is 3. The molecule has 0 aromatic carbocycles. The summed E-state index contributed by atoms with van der Waals surface area (Å²) in [6.07, 6.45) is 1.90. The number of hydrogen-bond acceptors (Lipinski definition) is 5. The zero-order valence-corrected chi connectivity index (χ0v) is 16.2. The summed E-state index contributed by atoms with van der Waals surface area (Å²) in [5, 5.41) is 2.76. The fraction of sp³-hybridized carbons (Fsp3) is 0.833. The van der Waals surface area contributed by atoms with Crippen molar-refractivity contribution in [1.82, 2.24) is 10.2 Å². The highest BCUT2D eigenvalue weighted by Crippen LogP contribution is 2.35. The summed E-state index contributed by atoms with van der Waals surface area (Å²) in [7, 11) is 0. The molecule has 2 aliphatic heterocycles. The van der Waals surface area contributed by atoms with Crippen molar-refractivity contribution >= 4 is 17.9 Å². The number of nitrogens with zero attached hydrogens (tertiary/aromatic N) is 1. The minimum Gasteiger partial charge on any atom is -0.444 e. The van der Waals surface area contributed by atoms with Crippen LogP contribution in [0.1, 0.15) is 53.4 Å². The largest absolute Gasteiger partial charge is 0.444 e. The third kappa shape index (κ3) is 4.87. The van der Waals surface area contributed by atoms with Gasteiger partial charge < -0.3 is 25.4 Å². The van der Waals surface area contributed by atoms with Crippen LogP contribution in [0.25, 0.3) is 0 Å². The van der Waals surface area contributed by atoms with Gasteiger partial charge >= 0.3 is 6.09 Å². The molecule has 3 N–H and O–H groups in total. The third-order valence-corrected chi connectivity index (χ3v) is 5.10. The van der Waals surface area contributed by atoms with E-state index in [1.165, 1.54) is 4.90 Å². The molecule has 2 aliphatic rings. The maximum Gasteiger partial charge on any atom is 0.408 e. The molecule has 0 aromatic rings. The lowest BCUT2D eigenvalue weighted by Gasteiger charge is -2.42. The Hall–Kier alpha value is -1.83. The van der Waals surface area contributed by atoms with Gasteiger partial charge in [-0.2, -0.15) is 0 Å². The fourth-order valence-corrected chi connectivity index (χ4v) is 3.58. The highest BCUT2D eigenvalue weighted by Gasteiger charge is 2.46. The van der Waals surface area contributed by atoms with Crippen LogP contribution in [-0.2, 0) is 19.1 Å². The Labute approximate surface area is 154 Å². The molecule has 0 aromatic heterocycles. The Balaban J connectivity index is 2.23. The molecule has 2 unspecified atom stereocenters. The molecule has 2 fully saturated rings. The Morgan fingerprint density at radius 1 is 1.27 bits per heavy atom. The molecule has 0 radical (unpaired) electrons. The topological polar surface area (TPSA) is 111 Å². The van der Waals surface area contributed by atoms with Gasteiger partial charge in [-0.3, -0.25) is 9.59 Å². The maximum atomic E-state index is 13.3. The smallest absolute Gasteiger partial charge is 0.408 e. The Morgan fingerprint density at radius 2 is 1.88 bits per heavy atom. The van der Waals surface area contributed by atoms with Gasteiger partial charge in [-0.25, -0.2) is 4.79 Å². The first-order valence-corrected chi connectivity index (χ1v) is 9.20. The van der Waals surface area contributed by atoms with Gasteiger partial charge in [-0.05, 0) is 46.5 Å². The molecular formula is C18H31N3O5. The van der Waals surface area contributed by atoms with Crippen LogP contribution in [0.4, 0.5) is 4.79 Å². The van der Waals surface area contributed by atoms with E-state index in [0.717, 1.165) is 6.42 Å². The second kappa shape index (κ2) is 7.82. The van der Waals surface area contributed by atoms with E-state index in [0.29, 0.717) is 39.0 Å². The van der Waals surface area contributed by atoms with Crippen LogP contribution in [0.15, 0.2) is 0 Å². The average Bonchev–Trinajstić information content (AvgIpc) is 3.00. The Kier molecular flexibility index (Phi) is 6.16. The number of amides is 3. The molecule has 148 valence electrons. The molecular weight excluding hydrogens is 338 g/mol. The molecule has 26 heavy (non-hydrogen) atoms. The summed E-state index contributed by atoms with van der Waals surface area (Å²) in [5.41, 5.74) is 4.31. The van der Waals surface area contributed by atoms with Crippen molar-refractivity contribution in [2.24, 2.45) is 11.1 Å². The predicted octanol–water partition coefficient (Wildman–Crippen LogP) is 1.17. The lowest BCUT2D eigenvalue weighted by atomic mass is 9.75. The number of nitrogens with two attached hydrogens (primary N) is 1. The van der Waals surface area contributed by atoms with Crippen molar-refractivity contribution in [3.63, 3.8) is 0 Å². The van der Waals surface area contributed by atoms with Crippen LogP contribution in [0.3, 0.4) is 0 Å². The van der Waals surface area contributed by atoms with Gasteiger partial charge in [0.25, 0.3) is 0 Å². The van der Waals surface area contributed by atoms with Crippen molar-refractivity contribution in [3.05, 3.63) is 0 Å². The van der Waals surface area contributed by atoms with E-state index in [9.17, 15) is 14.4 Å². The number of ether oxygens (including phenoxy) is 2.